The van der Waals surface area contributed by atoms with Gasteiger partial charge in [-0.15, -0.1) is 0 Å². The number of alkyl halides is 2. The molecule has 0 radical (unpaired) electrons. The Balaban J connectivity index is 2.72. The SMILES string of the molecule is CC(C)(CC(=O)O)c1ccc(CCC(F)F)cc1. The average Bonchev–Trinajstić information content (AvgIpc) is 2.25. The van der Waals surface area contributed by atoms with Crippen LogP contribution in [0, 0.1) is 0 Å². The maximum absolute atomic E-state index is 12.1. The zero-order valence-corrected chi connectivity index (χ0v) is 10.6. The number of aryl methyl sites for hydroxylation is 1. The highest BCUT2D eigenvalue weighted by atomic mass is 19.3. The summed E-state index contributed by atoms with van der Waals surface area (Å²) in [6.45, 7) is 3.71. The van der Waals surface area contributed by atoms with Crippen molar-refractivity contribution in [1.29, 1.82) is 0 Å². The molecule has 0 spiro atoms. The minimum atomic E-state index is -2.28. The average molecular weight is 256 g/mol. The van der Waals surface area contributed by atoms with Gasteiger partial charge in [0.15, 0.2) is 0 Å². The number of carboxylic acid groups (broad SMARTS) is 1. The molecule has 2 nitrogen and oxygen atoms in total. The van der Waals surface area contributed by atoms with E-state index in [1.54, 1.807) is 12.1 Å². The normalized spacial score (nSPS) is 11.8. The van der Waals surface area contributed by atoms with Gasteiger partial charge in [0.1, 0.15) is 0 Å². The second kappa shape index (κ2) is 5.94. The van der Waals surface area contributed by atoms with E-state index in [1.807, 2.05) is 26.0 Å². The van der Waals surface area contributed by atoms with Crippen LogP contribution in [0.15, 0.2) is 24.3 Å². The fourth-order valence-electron chi connectivity index (χ4n) is 1.88. The molecular formula is C14H18F2O2. The van der Waals surface area contributed by atoms with E-state index in [9.17, 15) is 13.6 Å². The zero-order chi connectivity index (χ0) is 13.8. The lowest BCUT2D eigenvalue weighted by molar-refractivity contribution is -0.138. The Morgan fingerprint density at radius 2 is 1.83 bits per heavy atom. The summed E-state index contributed by atoms with van der Waals surface area (Å²) in [5.74, 6) is -0.846. The number of benzene rings is 1. The molecule has 4 heteroatoms. The second-order valence-electron chi connectivity index (χ2n) is 5.08. The van der Waals surface area contributed by atoms with Crippen molar-refractivity contribution in [2.24, 2.45) is 0 Å². The number of rotatable bonds is 6. The van der Waals surface area contributed by atoms with Gasteiger partial charge < -0.3 is 5.11 Å². The molecule has 1 rings (SSSR count). The third kappa shape index (κ3) is 4.43. The predicted molar refractivity (Wildman–Crippen MR) is 66.0 cm³/mol. The molecule has 0 fully saturated rings. The molecule has 0 amide bonds. The summed E-state index contributed by atoms with van der Waals surface area (Å²) in [7, 11) is 0. The monoisotopic (exact) mass is 256 g/mol. The molecule has 100 valence electrons. The van der Waals surface area contributed by atoms with Crippen molar-refractivity contribution in [2.75, 3.05) is 0 Å². The first-order valence-corrected chi connectivity index (χ1v) is 5.90. The summed E-state index contributed by atoms with van der Waals surface area (Å²) < 4.78 is 24.1. The molecule has 0 aliphatic heterocycles. The summed E-state index contributed by atoms with van der Waals surface area (Å²) in [6.07, 6.45) is -2.04. The van der Waals surface area contributed by atoms with Crippen molar-refractivity contribution in [3.05, 3.63) is 35.4 Å². The van der Waals surface area contributed by atoms with Gasteiger partial charge in [-0.3, -0.25) is 4.79 Å². The standard InChI is InChI=1S/C14H18F2O2/c1-14(2,9-13(17)18)11-6-3-10(4-7-11)5-8-12(15)16/h3-4,6-7,12H,5,8-9H2,1-2H3,(H,17,18). The molecule has 0 aliphatic carbocycles. The van der Waals surface area contributed by atoms with Crippen molar-refractivity contribution < 1.29 is 18.7 Å². The highest BCUT2D eigenvalue weighted by molar-refractivity contribution is 5.68. The van der Waals surface area contributed by atoms with Crippen LogP contribution in [0.1, 0.15) is 37.8 Å². The van der Waals surface area contributed by atoms with Gasteiger partial charge in [0, 0.05) is 11.8 Å². The van der Waals surface area contributed by atoms with E-state index in [2.05, 4.69) is 0 Å². The molecule has 1 aromatic rings. The molecule has 0 bridgehead atoms. The number of hydrogen-bond acceptors (Lipinski definition) is 1. The number of halogens is 2. The van der Waals surface area contributed by atoms with E-state index in [1.165, 1.54) is 0 Å². The number of aliphatic carboxylic acids is 1. The molecule has 0 heterocycles. The largest absolute Gasteiger partial charge is 0.481 e. The highest BCUT2D eigenvalue weighted by Crippen LogP contribution is 2.27. The van der Waals surface area contributed by atoms with Crippen molar-refractivity contribution in [2.45, 2.75) is 45.0 Å². The van der Waals surface area contributed by atoms with Gasteiger partial charge in [0.2, 0.25) is 6.43 Å². The van der Waals surface area contributed by atoms with Gasteiger partial charge in [-0.25, -0.2) is 8.78 Å². The maximum Gasteiger partial charge on any atom is 0.304 e. The molecule has 0 aliphatic rings. The Morgan fingerprint density at radius 3 is 2.28 bits per heavy atom. The van der Waals surface area contributed by atoms with Gasteiger partial charge in [0.25, 0.3) is 0 Å². The van der Waals surface area contributed by atoms with Gasteiger partial charge >= 0.3 is 5.97 Å². The van der Waals surface area contributed by atoms with Crippen LogP contribution in [0.3, 0.4) is 0 Å². The van der Waals surface area contributed by atoms with E-state index in [0.29, 0.717) is 6.42 Å². The Morgan fingerprint density at radius 1 is 1.28 bits per heavy atom. The van der Waals surface area contributed by atoms with Gasteiger partial charge in [-0.1, -0.05) is 38.1 Å². The van der Waals surface area contributed by atoms with Crippen LogP contribution in [-0.2, 0) is 16.6 Å². The molecular weight excluding hydrogens is 238 g/mol. The van der Waals surface area contributed by atoms with E-state index in [-0.39, 0.29) is 12.8 Å². The van der Waals surface area contributed by atoms with Crippen LogP contribution in [-0.4, -0.2) is 17.5 Å². The van der Waals surface area contributed by atoms with Gasteiger partial charge in [0.05, 0.1) is 6.42 Å². The minimum Gasteiger partial charge on any atom is -0.481 e. The first kappa shape index (κ1) is 14.6. The van der Waals surface area contributed by atoms with E-state index < -0.39 is 17.8 Å². The Kier molecular flexibility index (Phi) is 4.82. The molecule has 0 aromatic heterocycles. The Bertz CT molecular complexity index is 397. The topological polar surface area (TPSA) is 37.3 Å². The van der Waals surface area contributed by atoms with E-state index in [4.69, 9.17) is 5.11 Å². The molecule has 1 aromatic carbocycles. The Labute approximate surface area is 106 Å². The quantitative estimate of drug-likeness (QED) is 0.843. The molecule has 0 saturated heterocycles. The second-order valence-corrected chi connectivity index (χ2v) is 5.08. The summed E-state index contributed by atoms with van der Waals surface area (Å²) in [5, 5.41) is 8.83. The summed E-state index contributed by atoms with van der Waals surface area (Å²) >= 11 is 0. The summed E-state index contributed by atoms with van der Waals surface area (Å²) in [6, 6.07) is 7.23. The van der Waals surface area contributed by atoms with Crippen LogP contribution in [0.25, 0.3) is 0 Å². The van der Waals surface area contributed by atoms with E-state index in [0.717, 1.165) is 11.1 Å². The minimum absolute atomic E-state index is 0.0450. The van der Waals surface area contributed by atoms with Crippen LogP contribution in [0.5, 0.6) is 0 Å². The highest BCUT2D eigenvalue weighted by Gasteiger charge is 2.23. The molecule has 0 atom stereocenters. The first-order chi connectivity index (χ1) is 8.31. The predicted octanol–water partition coefficient (Wildman–Crippen LogP) is 3.64. The van der Waals surface area contributed by atoms with Crippen LogP contribution in [0.2, 0.25) is 0 Å². The third-order valence-corrected chi connectivity index (χ3v) is 2.98. The van der Waals surface area contributed by atoms with Crippen molar-refractivity contribution in [3.8, 4) is 0 Å². The van der Waals surface area contributed by atoms with Crippen LogP contribution < -0.4 is 0 Å². The first-order valence-electron chi connectivity index (χ1n) is 5.90. The third-order valence-electron chi connectivity index (χ3n) is 2.98. The molecule has 18 heavy (non-hydrogen) atoms. The lowest BCUT2D eigenvalue weighted by Gasteiger charge is -2.23. The van der Waals surface area contributed by atoms with Crippen molar-refractivity contribution >= 4 is 5.97 Å². The maximum atomic E-state index is 12.1. The molecule has 0 unspecified atom stereocenters. The smallest absolute Gasteiger partial charge is 0.304 e. The number of carbonyl (C=O) groups is 1. The lowest BCUT2D eigenvalue weighted by Crippen LogP contribution is -2.21. The van der Waals surface area contributed by atoms with E-state index >= 15 is 0 Å². The molecule has 0 saturated carbocycles. The van der Waals surface area contributed by atoms with Crippen LogP contribution >= 0.6 is 0 Å². The van der Waals surface area contributed by atoms with Crippen molar-refractivity contribution in [1.82, 2.24) is 0 Å². The zero-order valence-electron chi connectivity index (χ0n) is 10.6. The lowest BCUT2D eigenvalue weighted by atomic mass is 9.81. The molecule has 1 N–H and O–H groups in total. The van der Waals surface area contributed by atoms with Gasteiger partial charge in [-0.2, -0.15) is 0 Å². The summed E-state index contributed by atoms with van der Waals surface area (Å²) in [5.41, 5.74) is 1.31. The number of carboxylic acids is 1. The van der Waals surface area contributed by atoms with Gasteiger partial charge in [-0.05, 0) is 17.5 Å². The number of hydrogen-bond donors (Lipinski definition) is 1. The Hall–Kier alpha value is -1.45. The fraction of sp³-hybridized carbons (Fsp3) is 0.500. The van der Waals surface area contributed by atoms with Crippen molar-refractivity contribution in [3.63, 3.8) is 0 Å². The summed E-state index contributed by atoms with van der Waals surface area (Å²) in [4.78, 5) is 10.7. The fourth-order valence-corrected chi connectivity index (χ4v) is 1.88. The van der Waals surface area contributed by atoms with Crippen LogP contribution in [0.4, 0.5) is 8.78 Å².